The summed E-state index contributed by atoms with van der Waals surface area (Å²) in [5.41, 5.74) is 2.21. The maximum absolute atomic E-state index is 13.0. The van der Waals surface area contributed by atoms with Crippen molar-refractivity contribution in [3.8, 4) is 11.5 Å². The molecule has 2 aromatic heterocycles. The first-order valence-corrected chi connectivity index (χ1v) is 12.2. The third kappa shape index (κ3) is 5.73. The van der Waals surface area contributed by atoms with Crippen LogP contribution < -0.4 is 15.0 Å². The van der Waals surface area contributed by atoms with Crippen LogP contribution in [0.3, 0.4) is 0 Å². The monoisotopic (exact) mass is 490 g/mol. The molecular formula is C27H34N6O3. The van der Waals surface area contributed by atoms with Crippen molar-refractivity contribution < 1.29 is 9.47 Å². The smallest absolute Gasteiger partial charge is 0.252 e. The fourth-order valence-electron chi connectivity index (χ4n) is 4.13. The summed E-state index contributed by atoms with van der Waals surface area (Å²) in [6, 6.07) is 15.6. The Labute approximate surface area is 211 Å². The van der Waals surface area contributed by atoms with Crippen LogP contribution in [0, 0.1) is 0 Å². The predicted molar refractivity (Wildman–Crippen MR) is 139 cm³/mol. The molecule has 9 heteroatoms. The molecule has 0 amide bonds. The topological polar surface area (TPSA) is 98.2 Å². The highest BCUT2D eigenvalue weighted by atomic mass is 16.5. The van der Waals surface area contributed by atoms with Crippen LogP contribution in [0.15, 0.2) is 53.3 Å². The molecule has 0 spiro atoms. The maximum atomic E-state index is 13.0. The van der Waals surface area contributed by atoms with Crippen molar-refractivity contribution in [2.24, 2.45) is 0 Å². The molecule has 0 fully saturated rings. The Morgan fingerprint density at radius 1 is 1.00 bits per heavy atom. The zero-order valence-corrected chi connectivity index (χ0v) is 21.6. The van der Waals surface area contributed by atoms with Gasteiger partial charge in [0.25, 0.3) is 5.56 Å². The van der Waals surface area contributed by atoms with Gasteiger partial charge in [-0.1, -0.05) is 19.1 Å². The Morgan fingerprint density at radius 3 is 2.44 bits per heavy atom. The number of hydrogen-bond donors (Lipinski definition) is 1. The number of fused-ring (bicyclic) bond motifs is 1. The molecule has 0 aliphatic heterocycles. The van der Waals surface area contributed by atoms with Gasteiger partial charge in [-0.05, 0) is 79.6 Å². The summed E-state index contributed by atoms with van der Waals surface area (Å²) in [5, 5.41) is 13.5. The number of nitrogens with one attached hydrogen (secondary N) is 1. The van der Waals surface area contributed by atoms with E-state index in [2.05, 4.69) is 46.2 Å². The first-order chi connectivity index (χ1) is 17.3. The molecule has 190 valence electrons. The van der Waals surface area contributed by atoms with Gasteiger partial charge in [-0.2, -0.15) is 0 Å². The largest absolute Gasteiger partial charge is 0.497 e. The van der Waals surface area contributed by atoms with Gasteiger partial charge < -0.3 is 14.5 Å². The summed E-state index contributed by atoms with van der Waals surface area (Å²) >= 11 is 0. The minimum atomic E-state index is -0.222. The average Bonchev–Trinajstić information content (AvgIpc) is 3.34. The summed E-state index contributed by atoms with van der Waals surface area (Å²) in [4.78, 5) is 18.2. The summed E-state index contributed by atoms with van der Waals surface area (Å²) in [5.74, 6) is 2.33. The van der Waals surface area contributed by atoms with E-state index in [1.807, 2.05) is 60.1 Å². The van der Waals surface area contributed by atoms with E-state index in [1.165, 1.54) is 0 Å². The molecule has 1 N–H and O–H groups in total. The molecule has 2 heterocycles. The quantitative estimate of drug-likeness (QED) is 0.335. The van der Waals surface area contributed by atoms with Crippen molar-refractivity contribution in [2.45, 2.75) is 59.3 Å². The zero-order valence-electron chi connectivity index (χ0n) is 21.6. The first-order valence-electron chi connectivity index (χ1n) is 12.2. The van der Waals surface area contributed by atoms with E-state index in [9.17, 15) is 4.79 Å². The molecule has 0 aliphatic rings. The fourth-order valence-corrected chi connectivity index (χ4v) is 4.13. The number of methoxy groups -OCH3 is 1. The molecule has 0 saturated heterocycles. The molecule has 0 unspecified atom stereocenters. The minimum Gasteiger partial charge on any atom is -0.497 e. The Kier molecular flexibility index (Phi) is 7.69. The van der Waals surface area contributed by atoms with Crippen molar-refractivity contribution in [3.05, 3.63) is 75.8 Å². The lowest BCUT2D eigenvalue weighted by atomic mass is 10.0. The van der Waals surface area contributed by atoms with Gasteiger partial charge in [0.15, 0.2) is 5.82 Å². The number of nitrogens with zero attached hydrogens (tertiary/aromatic N) is 5. The van der Waals surface area contributed by atoms with Crippen molar-refractivity contribution in [3.63, 3.8) is 0 Å². The SMILES string of the molecule is CCOc1ccc2[nH]c(=O)c(CN(Cc3ccc(OC)cc3)Cc3nnnn3C(C)(C)CC)cc2c1. The second kappa shape index (κ2) is 10.9. The van der Waals surface area contributed by atoms with Crippen LogP contribution in [0.2, 0.25) is 0 Å². The number of hydrogen-bond acceptors (Lipinski definition) is 7. The lowest BCUT2D eigenvalue weighted by Crippen LogP contribution is -2.32. The number of aromatic amines is 1. The van der Waals surface area contributed by atoms with Gasteiger partial charge in [-0.25, -0.2) is 4.68 Å². The number of ether oxygens (including phenoxy) is 2. The van der Waals surface area contributed by atoms with Gasteiger partial charge >= 0.3 is 0 Å². The highest BCUT2D eigenvalue weighted by molar-refractivity contribution is 5.80. The van der Waals surface area contributed by atoms with Crippen molar-refractivity contribution in [2.75, 3.05) is 13.7 Å². The molecule has 9 nitrogen and oxygen atoms in total. The van der Waals surface area contributed by atoms with Crippen molar-refractivity contribution in [1.82, 2.24) is 30.1 Å². The van der Waals surface area contributed by atoms with Crippen LogP contribution in [0.4, 0.5) is 0 Å². The Bertz CT molecular complexity index is 1360. The van der Waals surface area contributed by atoms with E-state index in [0.717, 1.165) is 40.2 Å². The van der Waals surface area contributed by atoms with Crippen LogP contribution >= 0.6 is 0 Å². The Hall–Kier alpha value is -3.72. The first kappa shape index (κ1) is 25.4. The molecule has 0 radical (unpaired) electrons. The number of H-pyrrole nitrogens is 1. The van der Waals surface area contributed by atoms with Gasteiger partial charge in [-0.3, -0.25) is 9.69 Å². The average molecular weight is 491 g/mol. The van der Waals surface area contributed by atoms with Gasteiger partial charge in [0.05, 0.1) is 25.8 Å². The highest BCUT2D eigenvalue weighted by Crippen LogP contribution is 2.23. The maximum Gasteiger partial charge on any atom is 0.252 e. The van der Waals surface area contributed by atoms with Crippen LogP contribution in [0.5, 0.6) is 11.5 Å². The summed E-state index contributed by atoms with van der Waals surface area (Å²) < 4.78 is 12.8. The summed E-state index contributed by atoms with van der Waals surface area (Å²) in [7, 11) is 1.65. The van der Waals surface area contributed by atoms with Crippen LogP contribution in [-0.2, 0) is 25.2 Å². The highest BCUT2D eigenvalue weighted by Gasteiger charge is 2.25. The van der Waals surface area contributed by atoms with Crippen molar-refractivity contribution >= 4 is 10.9 Å². The fraction of sp³-hybridized carbons (Fsp3) is 0.407. The molecule has 4 aromatic rings. The minimum absolute atomic E-state index is 0.111. The predicted octanol–water partition coefficient (Wildman–Crippen LogP) is 4.27. The Morgan fingerprint density at radius 2 is 1.75 bits per heavy atom. The summed E-state index contributed by atoms with van der Waals surface area (Å²) in [6.07, 6.45) is 0.885. The van der Waals surface area contributed by atoms with Crippen LogP contribution in [-0.4, -0.2) is 43.8 Å². The number of rotatable bonds is 11. The second-order valence-electron chi connectivity index (χ2n) is 9.47. The van der Waals surface area contributed by atoms with E-state index in [1.54, 1.807) is 7.11 Å². The molecule has 4 rings (SSSR count). The number of tetrazole rings is 1. The van der Waals surface area contributed by atoms with E-state index in [-0.39, 0.29) is 11.1 Å². The number of aromatic nitrogens is 5. The normalized spacial score (nSPS) is 11.8. The second-order valence-corrected chi connectivity index (χ2v) is 9.47. The van der Waals surface area contributed by atoms with E-state index >= 15 is 0 Å². The van der Waals surface area contributed by atoms with Gasteiger partial charge in [0.1, 0.15) is 11.5 Å². The van der Waals surface area contributed by atoms with Gasteiger partial charge in [0.2, 0.25) is 0 Å². The van der Waals surface area contributed by atoms with Crippen LogP contribution in [0.1, 0.15) is 51.1 Å². The molecule has 2 aromatic carbocycles. The van der Waals surface area contributed by atoms with E-state index in [0.29, 0.717) is 31.8 Å². The molecular weight excluding hydrogens is 456 g/mol. The number of benzene rings is 2. The number of pyridine rings is 1. The molecule has 0 aliphatic carbocycles. The molecule has 36 heavy (non-hydrogen) atoms. The third-order valence-corrected chi connectivity index (χ3v) is 6.50. The summed E-state index contributed by atoms with van der Waals surface area (Å²) in [6.45, 7) is 10.4. The van der Waals surface area contributed by atoms with E-state index < -0.39 is 0 Å². The lowest BCUT2D eigenvalue weighted by Gasteiger charge is -2.27. The lowest BCUT2D eigenvalue weighted by molar-refractivity contribution is 0.217. The standard InChI is InChI=1S/C27H34N6O3/c1-6-27(3,4)33-25(29-30-31-33)18-32(16-19-8-10-22(35-5)11-9-19)17-21-14-20-15-23(36-7-2)12-13-24(20)28-26(21)34/h8-15H,6-7,16-18H2,1-5H3,(H,28,34). The Balaban J connectivity index is 1.68. The molecule has 0 saturated carbocycles. The molecule has 0 atom stereocenters. The van der Waals surface area contributed by atoms with Crippen molar-refractivity contribution in [1.29, 1.82) is 0 Å². The zero-order chi connectivity index (χ0) is 25.7. The van der Waals surface area contributed by atoms with E-state index in [4.69, 9.17) is 9.47 Å². The van der Waals surface area contributed by atoms with Gasteiger partial charge in [0, 0.05) is 29.6 Å². The molecule has 0 bridgehead atoms. The third-order valence-electron chi connectivity index (χ3n) is 6.50. The van der Waals surface area contributed by atoms with Crippen LogP contribution in [0.25, 0.3) is 10.9 Å². The van der Waals surface area contributed by atoms with Gasteiger partial charge in [-0.15, -0.1) is 5.10 Å².